The average Bonchev–Trinajstić information content (AvgIpc) is 2.50. The van der Waals surface area contributed by atoms with Gasteiger partial charge in [-0.1, -0.05) is 6.07 Å². The number of aryl methyl sites for hydroxylation is 1. The molecule has 0 radical (unpaired) electrons. The minimum atomic E-state index is -1.05. The van der Waals surface area contributed by atoms with Crippen LogP contribution in [0.2, 0.25) is 0 Å². The van der Waals surface area contributed by atoms with Gasteiger partial charge in [0, 0.05) is 16.6 Å². The lowest BCUT2D eigenvalue weighted by molar-refractivity contribution is -0.608. The number of benzene rings is 1. The molecule has 2 aromatic rings. The van der Waals surface area contributed by atoms with Crippen molar-refractivity contribution in [2.24, 2.45) is 0 Å². The fourth-order valence-electron chi connectivity index (χ4n) is 1.82. The van der Waals surface area contributed by atoms with Gasteiger partial charge in [-0.3, -0.25) is 4.79 Å². The number of hydrogen-bond donors (Lipinski definition) is 1. The Labute approximate surface area is 141 Å². The van der Waals surface area contributed by atoms with E-state index in [9.17, 15) is 14.8 Å². The second-order valence-electron chi connectivity index (χ2n) is 4.93. The number of halogens is 1. The van der Waals surface area contributed by atoms with Crippen molar-refractivity contribution in [1.29, 1.82) is 0 Å². The van der Waals surface area contributed by atoms with Crippen molar-refractivity contribution in [2.45, 2.75) is 20.0 Å². The van der Waals surface area contributed by atoms with Crippen molar-refractivity contribution in [3.63, 3.8) is 0 Å². The number of ether oxygens (including phenoxy) is 1. The van der Waals surface area contributed by atoms with Gasteiger partial charge in [0.1, 0.15) is 0 Å². The summed E-state index contributed by atoms with van der Waals surface area (Å²) in [6, 6.07) is 9.82. The Morgan fingerprint density at radius 2 is 2.04 bits per heavy atom. The van der Waals surface area contributed by atoms with Gasteiger partial charge in [-0.2, -0.15) is 4.73 Å². The predicted octanol–water partition coefficient (Wildman–Crippen LogP) is 2.57. The van der Waals surface area contributed by atoms with E-state index in [1.54, 1.807) is 12.1 Å². The summed E-state index contributed by atoms with van der Waals surface area (Å²) in [7, 11) is 0. The number of carbonyl (C=O) groups excluding carboxylic acids is 2. The van der Waals surface area contributed by atoms with E-state index in [4.69, 9.17) is 4.74 Å². The minimum absolute atomic E-state index is 0.177. The van der Waals surface area contributed by atoms with Gasteiger partial charge in [-0.25, -0.2) is 4.79 Å². The molecule has 0 spiro atoms. The number of esters is 1. The highest BCUT2D eigenvalue weighted by Crippen LogP contribution is 2.23. The molecule has 1 N–H and O–H groups in total. The highest BCUT2D eigenvalue weighted by Gasteiger charge is 2.24. The van der Waals surface area contributed by atoms with Crippen LogP contribution < -0.4 is 10.0 Å². The number of hydrogen-bond acceptors (Lipinski definition) is 4. The van der Waals surface area contributed by atoms with E-state index >= 15 is 0 Å². The van der Waals surface area contributed by atoms with Crippen LogP contribution in [0, 0.1) is 12.1 Å². The van der Waals surface area contributed by atoms with Gasteiger partial charge in [0.25, 0.3) is 5.91 Å². The summed E-state index contributed by atoms with van der Waals surface area (Å²) < 4.78 is 6.15. The van der Waals surface area contributed by atoms with Crippen LogP contribution in [0.25, 0.3) is 0 Å². The molecule has 1 heterocycles. The standard InChI is InChI=1S/C16H15BrN2O4/c1-10-6-7-13(12(17)9-10)18-15(20)11(2)23-16(21)14-5-3-4-8-19(14)22/h3-9,11H,1-2H3,(H,18,20)/t11-/m0/s1. The third kappa shape index (κ3) is 4.29. The van der Waals surface area contributed by atoms with Crippen molar-refractivity contribution in [1.82, 2.24) is 0 Å². The topological polar surface area (TPSA) is 82.3 Å². The Hall–Kier alpha value is -2.41. The van der Waals surface area contributed by atoms with Gasteiger partial charge >= 0.3 is 11.7 Å². The first kappa shape index (κ1) is 17.0. The van der Waals surface area contributed by atoms with Crippen molar-refractivity contribution in [3.8, 4) is 0 Å². The number of nitrogens with one attached hydrogen (secondary N) is 1. The first-order valence-corrected chi connectivity index (χ1v) is 7.64. The lowest BCUT2D eigenvalue weighted by atomic mass is 10.2. The molecule has 2 rings (SSSR count). The fraction of sp³-hybridized carbons (Fsp3) is 0.188. The average molecular weight is 379 g/mol. The highest BCUT2D eigenvalue weighted by atomic mass is 79.9. The zero-order chi connectivity index (χ0) is 17.0. The minimum Gasteiger partial charge on any atom is -0.618 e. The highest BCUT2D eigenvalue weighted by molar-refractivity contribution is 9.10. The van der Waals surface area contributed by atoms with Gasteiger partial charge in [0.05, 0.1) is 5.69 Å². The van der Waals surface area contributed by atoms with Crippen LogP contribution in [0.4, 0.5) is 5.69 Å². The molecule has 1 amide bonds. The quantitative estimate of drug-likeness (QED) is 0.503. The van der Waals surface area contributed by atoms with E-state index in [2.05, 4.69) is 21.2 Å². The van der Waals surface area contributed by atoms with Crippen LogP contribution in [-0.2, 0) is 9.53 Å². The smallest absolute Gasteiger partial charge is 0.405 e. The molecule has 0 saturated heterocycles. The van der Waals surface area contributed by atoms with Gasteiger partial charge in [-0.05, 0) is 53.5 Å². The number of aromatic nitrogens is 1. The number of carbonyl (C=O) groups is 2. The molecule has 7 heteroatoms. The molecular formula is C16H15BrN2O4. The van der Waals surface area contributed by atoms with Crippen molar-refractivity contribution < 1.29 is 19.1 Å². The number of pyridine rings is 1. The summed E-state index contributed by atoms with van der Waals surface area (Å²) in [6.45, 7) is 3.37. The molecule has 1 atom stereocenters. The predicted molar refractivity (Wildman–Crippen MR) is 87.8 cm³/mol. The first-order chi connectivity index (χ1) is 10.9. The van der Waals surface area contributed by atoms with E-state index < -0.39 is 18.0 Å². The molecule has 0 saturated carbocycles. The van der Waals surface area contributed by atoms with Crippen LogP contribution >= 0.6 is 15.9 Å². The first-order valence-electron chi connectivity index (χ1n) is 6.84. The van der Waals surface area contributed by atoms with E-state index in [-0.39, 0.29) is 5.69 Å². The Kier molecular flexibility index (Phi) is 5.33. The van der Waals surface area contributed by atoms with Crippen molar-refractivity contribution in [2.75, 3.05) is 5.32 Å². The Morgan fingerprint density at radius 1 is 1.30 bits per heavy atom. The number of amides is 1. The monoisotopic (exact) mass is 378 g/mol. The van der Waals surface area contributed by atoms with E-state index in [0.717, 1.165) is 10.0 Å². The second-order valence-corrected chi connectivity index (χ2v) is 5.79. The summed E-state index contributed by atoms with van der Waals surface area (Å²) in [4.78, 5) is 24.0. The summed E-state index contributed by atoms with van der Waals surface area (Å²) >= 11 is 3.35. The molecule has 6 nitrogen and oxygen atoms in total. The molecule has 0 aliphatic carbocycles. The molecule has 23 heavy (non-hydrogen) atoms. The maximum absolute atomic E-state index is 12.1. The third-order valence-corrected chi connectivity index (χ3v) is 3.72. The van der Waals surface area contributed by atoms with Gasteiger partial charge in [0.2, 0.25) is 0 Å². The summed E-state index contributed by atoms with van der Waals surface area (Å²) in [5, 5.41) is 14.1. The second kappa shape index (κ2) is 7.23. The molecule has 0 unspecified atom stereocenters. The third-order valence-electron chi connectivity index (χ3n) is 3.07. The summed E-state index contributed by atoms with van der Waals surface area (Å²) in [5.41, 5.74) is 1.43. The Balaban J connectivity index is 2.03. The largest absolute Gasteiger partial charge is 0.618 e. The summed E-state index contributed by atoms with van der Waals surface area (Å²) in [5.74, 6) is -1.34. The molecule has 120 valence electrons. The van der Waals surface area contributed by atoms with Gasteiger partial charge in [0.15, 0.2) is 12.3 Å². The SMILES string of the molecule is Cc1ccc(NC(=O)[C@H](C)OC(=O)c2cccc[n+]2[O-])c(Br)c1. The van der Waals surface area contributed by atoms with Crippen LogP contribution in [-0.4, -0.2) is 18.0 Å². The van der Waals surface area contributed by atoms with Crippen molar-refractivity contribution in [3.05, 3.63) is 63.5 Å². The number of nitrogens with zero attached hydrogens (tertiary/aromatic N) is 1. The number of anilines is 1. The molecule has 1 aromatic heterocycles. The zero-order valence-corrected chi connectivity index (χ0v) is 14.2. The van der Waals surface area contributed by atoms with Gasteiger partial charge < -0.3 is 15.3 Å². The van der Waals surface area contributed by atoms with Crippen LogP contribution in [0.1, 0.15) is 23.0 Å². The molecule has 1 aromatic carbocycles. The van der Waals surface area contributed by atoms with Crippen LogP contribution in [0.15, 0.2) is 47.1 Å². The molecule has 0 bridgehead atoms. The van der Waals surface area contributed by atoms with Crippen molar-refractivity contribution >= 4 is 33.5 Å². The van der Waals surface area contributed by atoms with E-state index in [1.165, 1.54) is 25.3 Å². The molecular weight excluding hydrogens is 364 g/mol. The molecule has 0 aliphatic heterocycles. The fourth-order valence-corrected chi connectivity index (χ4v) is 2.41. The molecule has 0 fully saturated rings. The maximum atomic E-state index is 12.1. The normalized spacial score (nSPS) is 11.6. The zero-order valence-electron chi connectivity index (χ0n) is 12.6. The molecule has 0 aliphatic rings. The lowest BCUT2D eigenvalue weighted by Gasteiger charge is -2.14. The van der Waals surface area contributed by atoms with E-state index in [1.807, 2.05) is 19.1 Å². The van der Waals surface area contributed by atoms with E-state index in [0.29, 0.717) is 10.4 Å². The summed E-state index contributed by atoms with van der Waals surface area (Å²) in [6.07, 6.45) is 0.140. The van der Waals surface area contributed by atoms with Crippen LogP contribution in [0.3, 0.4) is 0 Å². The maximum Gasteiger partial charge on any atom is 0.405 e. The number of rotatable bonds is 4. The lowest BCUT2D eigenvalue weighted by Crippen LogP contribution is -2.37. The van der Waals surface area contributed by atoms with Gasteiger partial charge in [-0.15, -0.1) is 0 Å². The Bertz CT molecular complexity index is 749. The van der Waals surface area contributed by atoms with Crippen LogP contribution in [0.5, 0.6) is 0 Å². The Morgan fingerprint density at radius 3 is 2.70 bits per heavy atom.